The Hall–Kier alpha value is -1.80. The zero-order valence-electron chi connectivity index (χ0n) is 8.74. The van der Waals surface area contributed by atoms with Gasteiger partial charge in [0.2, 0.25) is 0 Å². The zero-order valence-corrected chi connectivity index (χ0v) is 8.74. The van der Waals surface area contributed by atoms with Crippen molar-refractivity contribution in [1.82, 2.24) is 15.1 Å². The van der Waals surface area contributed by atoms with Crippen LogP contribution in [-0.2, 0) is 13.6 Å². The van der Waals surface area contributed by atoms with Gasteiger partial charge in [-0.25, -0.2) is 4.79 Å². The van der Waals surface area contributed by atoms with Crippen molar-refractivity contribution in [2.45, 2.75) is 13.5 Å². The number of aryl methyl sites for hydroxylation is 1. The highest BCUT2D eigenvalue weighted by molar-refractivity contribution is 5.88. The lowest BCUT2D eigenvalue weighted by atomic mass is 10.2. The van der Waals surface area contributed by atoms with Crippen molar-refractivity contribution in [3.05, 3.63) is 17.5 Å². The summed E-state index contributed by atoms with van der Waals surface area (Å²) in [6, 6.07) is 0. The molecule has 5 nitrogen and oxygen atoms in total. The van der Waals surface area contributed by atoms with Gasteiger partial charge in [0.05, 0.1) is 18.4 Å². The molecule has 5 heteroatoms. The van der Waals surface area contributed by atoms with E-state index >= 15 is 0 Å². The van der Waals surface area contributed by atoms with Crippen molar-refractivity contribution in [3.63, 3.8) is 0 Å². The largest absolute Gasteiger partial charge is 0.478 e. The predicted octanol–water partition coefficient (Wildman–Crippen LogP) is 0.231. The van der Waals surface area contributed by atoms with Crippen LogP contribution >= 0.6 is 0 Å². The maximum atomic E-state index is 10.8. The highest BCUT2D eigenvalue weighted by atomic mass is 16.4. The Kier molecular flexibility index (Phi) is 3.89. The molecular formula is C10H13N3O2. The zero-order chi connectivity index (χ0) is 11.3. The first kappa shape index (κ1) is 11.3. The van der Waals surface area contributed by atoms with Gasteiger partial charge < -0.3 is 10.4 Å². The van der Waals surface area contributed by atoms with E-state index in [1.807, 2.05) is 0 Å². The molecule has 0 bridgehead atoms. The van der Waals surface area contributed by atoms with E-state index in [4.69, 9.17) is 5.11 Å². The second-order valence-electron chi connectivity index (χ2n) is 2.96. The van der Waals surface area contributed by atoms with Gasteiger partial charge in [-0.2, -0.15) is 5.10 Å². The van der Waals surface area contributed by atoms with Crippen LogP contribution in [0.2, 0.25) is 0 Å². The summed E-state index contributed by atoms with van der Waals surface area (Å²) in [6.07, 6.45) is 1.35. The summed E-state index contributed by atoms with van der Waals surface area (Å²) >= 11 is 0. The van der Waals surface area contributed by atoms with Gasteiger partial charge in [-0.15, -0.1) is 5.92 Å². The first-order chi connectivity index (χ1) is 7.16. The van der Waals surface area contributed by atoms with Crippen LogP contribution in [-0.4, -0.2) is 27.4 Å². The number of aromatic nitrogens is 2. The Bertz CT molecular complexity index is 412. The number of hydrogen-bond acceptors (Lipinski definition) is 3. The molecule has 0 spiro atoms. The molecule has 0 atom stereocenters. The van der Waals surface area contributed by atoms with Crippen molar-refractivity contribution < 1.29 is 9.90 Å². The molecule has 1 aromatic heterocycles. The average Bonchev–Trinajstić information content (AvgIpc) is 2.55. The van der Waals surface area contributed by atoms with E-state index in [2.05, 4.69) is 22.3 Å². The number of carboxylic acids is 1. The molecule has 0 aliphatic carbocycles. The first-order valence-corrected chi connectivity index (χ1v) is 4.51. The summed E-state index contributed by atoms with van der Waals surface area (Å²) in [4.78, 5) is 10.8. The average molecular weight is 207 g/mol. The molecule has 0 aliphatic rings. The minimum absolute atomic E-state index is 0.231. The highest BCUT2D eigenvalue weighted by Crippen LogP contribution is 2.06. The number of nitrogens with one attached hydrogen (secondary N) is 1. The van der Waals surface area contributed by atoms with Gasteiger partial charge in [-0.3, -0.25) is 4.68 Å². The molecule has 1 heterocycles. The summed E-state index contributed by atoms with van der Waals surface area (Å²) < 4.78 is 1.55. The standard InChI is InChI=1S/C10H13N3O2/c1-3-4-5-11-7-9-8(10(14)15)6-12-13(9)2/h6,11H,5,7H2,1-2H3,(H,14,15). The topological polar surface area (TPSA) is 67.2 Å². The van der Waals surface area contributed by atoms with Gasteiger partial charge in [0.1, 0.15) is 5.56 Å². The number of carbonyl (C=O) groups is 1. The van der Waals surface area contributed by atoms with Crippen molar-refractivity contribution in [1.29, 1.82) is 0 Å². The second-order valence-corrected chi connectivity index (χ2v) is 2.96. The molecule has 1 rings (SSSR count). The smallest absolute Gasteiger partial charge is 0.339 e. The van der Waals surface area contributed by atoms with Gasteiger partial charge in [-0.1, -0.05) is 5.92 Å². The van der Waals surface area contributed by atoms with Gasteiger partial charge in [0.15, 0.2) is 0 Å². The van der Waals surface area contributed by atoms with Crippen molar-refractivity contribution in [2.75, 3.05) is 6.54 Å². The Labute approximate surface area is 88.1 Å². The fourth-order valence-electron chi connectivity index (χ4n) is 1.18. The van der Waals surface area contributed by atoms with Crippen molar-refractivity contribution >= 4 is 5.97 Å². The predicted molar refractivity (Wildman–Crippen MR) is 55.3 cm³/mol. The minimum Gasteiger partial charge on any atom is -0.478 e. The van der Waals surface area contributed by atoms with Crippen LogP contribution in [0.5, 0.6) is 0 Å². The fourth-order valence-corrected chi connectivity index (χ4v) is 1.18. The van der Waals surface area contributed by atoms with Crippen LogP contribution in [0.15, 0.2) is 6.20 Å². The molecule has 0 radical (unpaired) electrons. The normalized spacial score (nSPS) is 9.47. The molecule has 0 saturated carbocycles. The molecule has 0 saturated heterocycles. The summed E-state index contributed by atoms with van der Waals surface area (Å²) in [5, 5.41) is 15.8. The van der Waals surface area contributed by atoms with E-state index < -0.39 is 5.97 Å². The summed E-state index contributed by atoms with van der Waals surface area (Å²) in [5.74, 6) is 4.63. The lowest BCUT2D eigenvalue weighted by molar-refractivity contribution is 0.0695. The summed E-state index contributed by atoms with van der Waals surface area (Å²) in [7, 11) is 1.72. The monoisotopic (exact) mass is 207 g/mol. The number of nitrogens with zero attached hydrogens (tertiary/aromatic N) is 2. The van der Waals surface area contributed by atoms with Crippen molar-refractivity contribution in [2.24, 2.45) is 7.05 Å². The summed E-state index contributed by atoms with van der Waals surface area (Å²) in [6.45, 7) is 2.75. The molecule has 15 heavy (non-hydrogen) atoms. The number of aromatic carboxylic acids is 1. The van der Waals surface area contributed by atoms with E-state index in [0.29, 0.717) is 18.8 Å². The van der Waals surface area contributed by atoms with Gasteiger partial charge in [0.25, 0.3) is 0 Å². The molecule has 0 aliphatic heterocycles. The molecule has 1 aromatic rings. The van der Waals surface area contributed by atoms with Gasteiger partial charge in [-0.05, 0) is 6.92 Å². The lowest BCUT2D eigenvalue weighted by Gasteiger charge is -2.03. The Morgan fingerprint density at radius 3 is 3.07 bits per heavy atom. The second kappa shape index (κ2) is 5.17. The third kappa shape index (κ3) is 2.82. The summed E-state index contributed by atoms with van der Waals surface area (Å²) in [5.41, 5.74) is 0.884. The van der Waals surface area contributed by atoms with E-state index in [1.54, 1.807) is 18.7 Å². The quantitative estimate of drug-likeness (QED) is 0.548. The Balaban J connectivity index is 2.69. The molecule has 0 amide bonds. The molecule has 0 fully saturated rings. The van der Waals surface area contributed by atoms with Crippen LogP contribution in [0.4, 0.5) is 0 Å². The molecular weight excluding hydrogens is 194 g/mol. The van der Waals surface area contributed by atoms with Crippen LogP contribution in [0.1, 0.15) is 23.0 Å². The number of rotatable bonds is 4. The van der Waals surface area contributed by atoms with E-state index in [0.717, 1.165) is 0 Å². The third-order valence-electron chi connectivity index (χ3n) is 1.97. The fraction of sp³-hybridized carbons (Fsp3) is 0.400. The Morgan fingerprint density at radius 1 is 1.73 bits per heavy atom. The third-order valence-corrected chi connectivity index (χ3v) is 1.97. The van der Waals surface area contributed by atoms with Crippen LogP contribution in [0.25, 0.3) is 0 Å². The number of hydrogen-bond donors (Lipinski definition) is 2. The van der Waals surface area contributed by atoms with Gasteiger partial charge in [0, 0.05) is 13.6 Å². The van der Waals surface area contributed by atoms with Crippen LogP contribution in [0, 0.1) is 11.8 Å². The lowest BCUT2D eigenvalue weighted by Crippen LogP contribution is -2.18. The molecule has 0 aromatic carbocycles. The SMILES string of the molecule is CC#CCNCc1c(C(=O)O)cnn1C. The first-order valence-electron chi connectivity index (χ1n) is 4.51. The van der Waals surface area contributed by atoms with E-state index in [9.17, 15) is 4.79 Å². The highest BCUT2D eigenvalue weighted by Gasteiger charge is 2.13. The van der Waals surface area contributed by atoms with E-state index in [-0.39, 0.29) is 5.56 Å². The van der Waals surface area contributed by atoms with Crippen LogP contribution in [0.3, 0.4) is 0 Å². The number of carboxylic acid groups (broad SMARTS) is 1. The Morgan fingerprint density at radius 2 is 2.47 bits per heavy atom. The van der Waals surface area contributed by atoms with Crippen molar-refractivity contribution in [3.8, 4) is 11.8 Å². The molecule has 2 N–H and O–H groups in total. The maximum Gasteiger partial charge on any atom is 0.339 e. The van der Waals surface area contributed by atoms with Crippen LogP contribution < -0.4 is 5.32 Å². The molecule has 0 unspecified atom stereocenters. The van der Waals surface area contributed by atoms with Gasteiger partial charge >= 0.3 is 5.97 Å². The van der Waals surface area contributed by atoms with E-state index in [1.165, 1.54) is 6.20 Å². The maximum absolute atomic E-state index is 10.8. The minimum atomic E-state index is -0.957. The molecule has 80 valence electrons.